The van der Waals surface area contributed by atoms with Crippen molar-refractivity contribution in [1.82, 2.24) is 15.1 Å². The average Bonchev–Trinajstić information content (AvgIpc) is 2.97. The standard InChI is InChI=1S/C14H28N4O2/c15-5-2-1-3-6-17-7-9-18(10-8-17)14(19)16-13-4-11-20-12-13/h13H,1-12,15H2,(H,16,19). The van der Waals surface area contributed by atoms with E-state index in [4.69, 9.17) is 10.5 Å². The highest BCUT2D eigenvalue weighted by molar-refractivity contribution is 5.74. The lowest BCUT2D eigenvalue weighted by Crippen LogP contribution is -2.53. The van der Waals surface area contributed by atoms with Crippen LogP contribution < -0.4 is 11.1 Å². The molecule has 2 fully saturated rings. The lowest BCUT2D eigenvalue weighted by molar-refractivity contribution is 0.134. The first-order chi connectivity index (χ1) is 9.79. The number of ether oxygens (including phenoxy) is 1. The Labute approximate surface area is 121 Å². The van der Waals surface area contributed by atoms with Gasteiger partial charge in [0.1, 0.15) is 0 Å². The summed E-state index contributed by atoms with van der Waals surface area (Å²) in [5.41, 5.74) is 5.49. The molecule has 2 heterocycles. The molecule has 0 aliphatic carbocycles. The molecule has 1 unspecified atom stereocenters. The fraction of sp³-hybridized carbons (Fsp3) is 0.929. The number of amides is 2. The maximum Gasteiger partial charge on any atom is 0.317 e. The van der Waals surface area contributed by atoms with E-state index < -0.39 is 0 Å². The largest absolute Gasteiger partial charge is 0.379 e. The summed E-state index contributed by atoms with van der Waals surface area (Å²) in [4.78, 5) is 16.5. The van der Waals surface area contributed by atoms with Gasteiger partial charge in [-0.25, -0.2) is 4.79 Å². The Kier molecular flexibility index (Phi) is 6.56. The fourth-order valence-corrected chi connectivity index (χ4v) is 2.75. The van der Waals surface area contributed by atoms with E-state index >= 15 is 0 Å². The van der Waals surface area contributed by atoms with E-state index in [0.717, 1.165) is 58.7 Å². The highest BCUT2D eigenvalue weighted by Gasteiger charge is 2.24. The molecule has 0 aromatic carbocycles. The van der Waals surface area contributed by atoms with Crippen LogP contribution in [0.5, 0.6) is 0 Å². The van der Waals surface area contributed by atoms with Gasteiger partial charge in [0.25, 0.3) is 0 Å². The number of hydrogen-bond donors (Lipinski definition) is 2. The number of hydrogen-bond acceptors (Lipinski definition) is 4. The molecule has 3 N–H and O–H groups in total. The van der Waals surface area contributed by atoms with E-state index in [1.54, 1.807) is 0 Å². The van der Waals surface area contributed by atoms with E-state index in [1.807, 2.05) is 4.90 Å². The fourth-order valence-electron chi connectivity index (χ4n) is 2.75. The van der Waals surface area contributed by atoms with Gasteiger partial charge in [-0.15, -0.1) is 0 Å². The molecule has 2 aliphatic heterocycles. The zero-order chi connectivity index (χ0) is 14.2. The molecule has 0 aromatic heterocycles. The van der Waals surface area contributed by atoms with Crippen molar-refractivity contribution in [3.05, 3.63) is 0 Å². The Bertz CT molecular complexity index is 287. The SMILES string of the molecule is NCCCCCN1CCN(C(=O)NC2CCOC2)CC1. The molecule has 116 valence electrons. The summed E-state index contributed by atoms with van der Waals surface area (Å²) in [5.74, 6) is 0. The van der Waals surface area contributed by atoms with Crippen molar-refractivity contribution in [3.8, 4) is 0 Å². The normalized spacial score (nSPS) is 24.1. The number of nitrogens with two attached hydrogens (primary N) is 1. The van der Waals surface area contributed by atoms with Crippen molar-refractivity contribution in [2.45, 2.75) is 31.7 Å². The lowest BCUT2D eigenvalue weighted by atomic mass is 10.2. The van der Waals surface area contributed by atoms with Crippen LogP contribution in [0.4, 0.5) is 4.79 Å². The van der Waals surface area contributed by atoms with Crippen molar-refractivity contribution in [2.24, 2.45) is 5.73 Å². The Morgan fingerprint density at radius 1 is 1.20 bits per heavy atom. The molecule has 0 bridgehead atoms. The van der Waals surface area contributed by atoms with Crippen LogP contribution in [0.15, 0.2) is 0 Å². The molecule has 20 heavy (non-hydrogen) atoms. The third-order valence-electron chi connectivity index (χ3n) is 4.10. The summed E-state index contributed by atoms with van der Waals surface area (Å²) >= 11 is 0. The van der Waals surface area contributed by atoms with Gasteiger partial charge < -0.3 is 20.7 Å². The first-order valence-electron chi connectivity index (χ1n) is 7.85. The second-order valence-electron chi connectivity index (χ2n) is 5.69. The van der Waals surface area contributed by atoms with Crippen LogP contribution in [0.2, 0.25) is 0 Å². The van der Waals surface area contributed by atoms with E-state index in [1.165, 1.54) is 12.8 Å². The number of carbonyl (C=O) groups is 1. The predicted octanol–water partition coefficient (Wildman–Crippen LogP) is 0.232. The second-order valence-corrected chi connectivity index (χ2v) is 5.69. The second kappa shape index (κ2) is 8.44. The Balaban J connectivity index is 1.59. The zero-order valence-corrected chi connectivity index (χ0v) is 12.4. The van der Waals surface area contributed by atoms with Crippen LogP contribution in [-0.2, 0) is 4.74 Å². The Hall–Kier alpha value is -0.850. The zero-order valence-electron chi connectivity index (χ0n) is 12.4. The summed E-state index contributed by atoms with van der Waals surface area (Å²) in [7, 11) is 0. The number of rotatable bonds is 6. The van der Waals surface area contributed by atoms with Crippen LogP contribution in [0.1, 0.15) is 25.7 Å². The van der Waals surface area contributed by atoms with E-state index in [0.29, 0.717) is 6.61 Å². The highest BCUT2D eigenvalue weighted by Crippen LogP contribution is 2.07. The minimum Gasteiger partial charge on any atom is -0.379 e. The number of carbonyl (C=O) groups excluding carboxylic acids is 1. The van der Waals surface area contributed by atoms with E-state index in [2.05, 4.69) is 10.2 Å². The molecular formula is C14H28N4O2. The van der Waals surface area contributed by atoms with Crippen molar-refractivity contribution in [2.75, 3.05) is 52.5 Å². The third-order valence-corrected chi connectivity index (χ3v) is 4.10. The van der Waals surface area contributed by atoms with Crippen LogP contribution >= 0.6 is 0 Å². The first-order valence-corrected chi connectivity index (χ1v) is 7.85. The summed E-state index contributed by atoms with van der Waals surface area (Å²) in [6, 6.07) is 0.278. The molecule has 6 heteroatoms. The summed E-state index contributed by atoms with van der Waals surface area (Å²) in [6.45, 7) is 6.97. The monoisotopic (exact) mass is 284 g/mol. The summed E-state index contributed by atoms with van der Waals surface area (Å²) < 4.78 is 5.28. The van der Waals surface area contributed by atoms with Gasteiger partial charge in [0.05, 0.1) is 12.6 Å². The van der Waals surface area contributed by atoms with Gasteiger partial charge in [-0.05, 0) is 32.4 Å². The third kappa shape index (κ3) is 4.92. The smallest absolute Gasteiger partial charge is 0.317 e. The van der Waals surface area contributed by atoms with Crippen LogP contribution in [0.25, 0.3) is 0 Å². The molecule has 0 saturated carbocycles. The number of nitrogens with zero attached hydrogens (tertiary/aromatic N) is 2. The van der Waals surface area contributed by atoms with Crippen LogP contribution in [0, 0.1) is 0 Å². The molecule has 0 aromatic rings. The van der Waals surface area contributed by atoms with Crippen LogP contribution in [-0.4, -0.2) is 74.4 Å². The van der Waals surface area contributed by atoms with Crippen molar-refractivity contribution >= 4 is 6.03 Å². The number of nitrogens with one attached hydrogen (secondary N) is 1. The van der Waals surface area contributed by atoms with Crippen molar-refractivity contribution in [3.63, 3.8) is 0 Å². The first kappa shape index (κ1) is 15.5. The number of piperazine rings is 1. The van der Waals surface area contributed by atoms with Gasteiger partial charge in [0, 0.05) is 32.8 Å². The van der Waals surface area contributed by atoms with Crippen molar-refractivity contribution < 1.29 is 9.53 Å². The molecule has 2 saturated heterocycles. The number of urea groups is 1. The molecule has 2 amide bonds. The van der Waals surface area contributed by atoms with Crippen LogP contribution in [0.3, 0.4) is 0 Å². The molecule has 6 nitrogen and oxygen atoms in total. The quantitative estimate of drug-likeness (QED) is 0.685. The summed E-state index contributed by atoms with van der Waals surface area (Å²) in [6.07, 6.45) is 4.47. The van der Waals surface area contributed by atoms with Gasteiger partial charge >= 0.3 is 6.03 Å². The molecular weight excluding hydrogens is 256 g/mol. The van der Waals surface area contributed by atoms with Gasteiger partial charge in [-0.2, -0.15) is 0 Å². The molecule has 2 aliphatic rings. The maximum atomic E-state index is 12.1. The number of unbranched alkanes of at least 4 members (excludes halogenated alkanes) is 2. The topological polar surface area (TPSA) is 70.8 Å². The molecule has 1 atom stereocenters. The molecule has 2 rings (SSSR count). The van der Waals surface area contributed by atoms with Gasteiger partial charge in [0.2, 0.25) is 0 Å². The van der Waals surface area contributed by atoms with Gasteiger partial charge in [-0.1, -0.05) is 6.42 Å². The average molecular weight is 284 g/mol. The minimum atomic E-state index is 0.0725. The van der Waals surface area contributed by atoms with Crippen molar-refractivity contribution in [1.29, 1.82) is 0 Å². The van der Waals surface area contributed by atoms with Gasteiger partial charge in [0.15, 0.2) is 0 Å². The summed E-state index contributed by atoms with van der Waals surface area (Å²) in [5, 5.41) is 3.05. The highest BCUT2D eigenvalue weighted by atomic mass is 16.5. The molecule has 0 radical (unpaired) electrons. The molecule has 0 spiro atoms. The Morgan fingerprint density at radius 2 is 2.00 bits per heavy atom. The Morgan fingerprint density at radius 3 is 2.65 bits per heavy atom. The maximum absolute atomic E-state index is 12.1. The van der Waals surface area contributed by atoms with Gasteiger partial charge in [-0.3, -0.25) is 4.90 Å². The minimum absolute atomic E-state index is 0.0725. The lowest BCUT2D eigenvalue weighted by Gasteiger charge is -2.35. The van der Waals surface area contributed by atoms with E-state index in [-0.39, 0.29) is 12.1 Å². The van der Waals surface area contributed by atoms with E-state index in [9.17, 15) is 4.79 Å². The predicted molar refractivity (Wildman–Crippen MR) is 78.7 cm³/mol.